The quantitative estimate of drug-likeness (QED) is 0.268. The molecule has 2 aromatic carbocycles. The number of carbonyl (C=O) groups is 1. The number of halogens is 1. The number of nitriles is 1. The maximum absolute atomic E-state index is 12.9. The molecule has 3 heterocycles. The van der Waals surface area contributed by atoms with E-state index in [1.807, 2.05) is 19.1 Å². The van der Waals surface area contributed by atoms with Gasteiger partial charge in [0.25, 0.3) is 0 Å². The van der Waals surface area contributed by atoms with Crippen molar-refractivity contribution in [3.63, 3.8) is 0 Å². The zero-order valence-electron chi connectivity index (χ0n) is 23.7. The lowest BCUT2D eigenvalue weighted by Crippen LogP contribution is -2.49. The van der Waals surface area contributed by atoms with E-state index in [2.05, 4.69) is 33.2 Å². The summed E-state index contributed by atoms with van der Waals surface area (Å²) >= 11 is 6.63. The molecular formula is C31H31ClN6O4. The number of pyridine rings is 2. The average molecular weight is 587 g/mol. The second-order valence-electron chi connectivity index (χ2n) is 9.79. The van der Waals surface area contributed by atoms with Crippen LogP contribution in [0.4, 0.5) is 16.2 Å². The highest BCUT2D eigenvalue weighted by Crippen LogP contribution is 2.39. The van der Waals surface area contributed by atoms with Crippen molar-refractivity contribution < 1.29 is 19.0 Å². The summed E-state index contributed by atoms with van der Waals surface area (Å²) in [7, 11) is 1.50. The molecule has 1 saturated heterocycles. The molecular weight excluding hydrogens is 556 g/mol. The van der Waals surface area contributed by atoms with Crippen LogP contribution in [0.15, 0.2) is 54.9 Å². The molecule has 0 bridgehead atoms. The predicted molar refractivity (Wildman–Crippen MR) is 161 cm³/mol. The summed E-state index contributed by atoms with van der Waals surface area (Å²) in [5, 5.41) is 14.1. The largest absolute Gasteiger partial charge is 0.493 e. The maximum Gasteiger partial charge on any atom is 0.415 e. The SMILES string of the molecule is CCN1CCN(C(=O)Oc2cc3ncc(C#N)c(Nc4ccc(OCc5ncccc5C)cc4Cl)c3cc2OC)CC1. The van der Waals surface area contributed by atoms with Crippen molar-refractivity contribution >= 4 is 40.0 Å². The van der Waals surface area contributed by atoms with Crippen LogP contribution in [0.3, 0.4) is 0 Å². The van der Waals surface area contributed by atoms with E-state index in [1.165, 1.54) is 13.3 Å². The Morgan fingerprint density at radius 2 is 1.93 bits per heavy atom. The molecule has 0 saturated carbocycles. The van der Waals surface area contributed by atoms with Crippen molar-refractivity contribution in [2.24, 2.45) is 0 Å². The minimum atomic E-state index is -0.442. The Morgan fingerprint density at radius 1 is 1.12 bits per heavy atom. The van der Waals surface area contributed by atoms with Crippen molar-refractivity contribution in [3.05, 3.63) is 76.7 Å². The summed E-state index contributed by atoms with van der Waals surface area (Å²) < 4.78 is 17.2. The Bertz CT molecular complexity index is 1650. The number of piperazine rings is 1. The molecule has 0 unspecified atom stereocenters. The monoisotopic (exact) mass is 586 g/mol. The number of hydrogen-bond donors (Lipinski definition) is 1. The van der Waals surface area contributed by atoms with Crippen molar-refractivity contribution in [1.82, 2.24) is 19.8 Å². The topological polar surface area (TPSA) is 113 Å². The van der Waals surface area contributed by atoms with Gasteiger partial charge in [0.05, 0.1) is 40.3 Å². The first-order chi connectivity index (χ1) is 20.4. The highest BCUT2D eigenvalue weighted by atomic mass is 35.5. The number of rotatable bonds is 8. The van der Waals surface area contributed by atoms with E-state index in [0.29, 0.717) is 64.1 Å². The minimum Gasteiger partial charge on any atom is -0.493 e. The van der Waals surface area contributed by atoms with Gasteiger partial charge in [0.1, 0.15) is 18.4 Å². The first-order valence-corrected chi connectivity index (χ1v) is 14.0. The number of nitrogens with zero attached hydrogens (tertiary/aromatic N) is 5. The summed E-state index contributed by atoms with van der Waals surface area (Å²) in [5.41, 5.74) is 3.77. The molecule has 10 nitrogen and oxygen atoms in total. The molecule has 42 heavy (non-hydrogen) atoms. The van der Waals surface area contributed by atoms with Gasteiger partial charge in [-0.15, -0.1) is 0 Å². The number of anilines is 2. The fourth-order valence-corrected chi connectivity index (χ4v) is 4.92. The van der Waals surface area contributed by atoms with Crippen LogP contribution in [-0.2, 0) is 6.61 Å². The Labute approximate surface area is 249 Å². The molecule has 4 aromatic rings. The van der Waals surface area contributed by atoms with Crippen LogP contribution < -0.4 is 19.5 Å². The smallest absolute Gasteiger partial charge is 0.415 e. The summed E-state index contributed by atoms with van der Waals surface area (Å²) in [6, 6.07) is 14.7. The molecule has 1 fully saturated rings. The Balaban J connectivity index is 1.38. The number of aryl methyl sites for hydroxylation is 1. The number of likely N-dealkylation sites (N-methyl/N-ethyl adjacent to an activating group) is 1. The molecule has 1 aliphatic heterocycles. The van der Waals surface area contributed by atoms with E-state index in [9.17, 15) is 10.1 Å². The van der Waals surface area contributed by atoms with Gasteiger partial charge in [-0.05, 0) is 43.3 Å². The van der Waals surface area contributed by atoms with E-state index < -0.39 is 6.09 Å². The summed E-state index contributed by atoms with van der Waals surface area (Å²) in [6.07, 6.45) is 2.75. The van der Waals surface area contributed by atoms with Crippen molar-refractivity contribution in [2.45, 2.75) is 20.5 Å². The number of carbonyl (C=O) groups excluding carboxylic acids is 1. The van der Waals surface area contributed by atoms with Gasteiger partial charge in [-0.25, -0.2) is 4.79 Å². The average Bonchev–Trinajstić information content (AvgIpc) is 3.01. The Kier molecular flexibility index (Phi) is 8.91. The van der Waals surface area contributed by atoms with Crippen molar-refractivity contribution in [1.29, 1.82) is 5.26 Å². The standard InChI is InChI=1S/C31H31ClN6O4/c1-4-37-10-12-38(13-11-37)31(39)42-29-16-26-23(15-28(29)40-3)30(21(17-33)18-35-26)36-25-8-7-22(14-24(25)32)41-19-27-20(2)6-5-9-34-27/h5-9,14-16,18H,4,10-13,19H2,1-3H3,(H,35,36). The fraction of sp³-hybridized carbons (Fsp3) is 0.290. The van der Waals surface area contributed by atoms with Crippen LogP contribution in [0.1, 0.15) is 23.7 Å². The zero-order chi connectivity index (χ0) is 29.6. The number of amides is 1. The number of aromatic nitrogens is 2. The second-order valence-corrected chi connectivity index (χ2v) is 10.2. The van der Waals surface area contributed by atoms with Crippen LogP contribution in [0.2, 0.25) is 5.02 Å². The summed E-state index contributed by atoms with van der Waals surface area (Å²) in [4.78, 5) is 25.7. The van der Waals surface area contributed by atoms with Crippen LogP contribution >= 0.6 is 11.6 Å². The Morgan fingerprint density at radius 3 is 2.62 bits per heavy atom. The number of benzene rings is 2. The third-order valence-electron chi connectivity index (χ3n) is 7.24. The lowest BCUT2D eigenvalue weighted by Gasteiger charge is -2.33. The van der Waals surface area contributed by atoms with E-state index in [-0.39, 0.29) is 5.75 Å². The van der Waals surface area contributed by atoms with Crippen LogP contribution in [0, 0.1) is 18.3 Å². The molecule has 0 radical (unpaired) electrons. The Hall–Kier alpha value is -4.59. The van der Waals surface area contributed by atoms with Gasteiger partial charge >= 0.3 is 6.09 Å². The summed E-state index contributed by atoms with van der Waals surface area (Å²) in [6.45, 7) is 8.12. The van der Waals surface area contributed by atoms with E-state index >= 15 is 0 Å². The van der Waals surface area contributed by atoms with Gasteiger partial charge in [0, 0.05) is 56.1 Å². The molecule has 1 N–H and O–H groups in total. The maximum atomic E-state index is 12.9. The van der Waals surface area contributed by atoms with Crippen LogP contribution in [0.25, 0.3) is 10.9 Å². The third-order valence-corrected chi connectivity index (χ3v) is 7.56. The molecule has 11 heteroatoms. The van der Waals surface area contributed by atoms with Gasteiger partial charge < -0.3 is 29.3 Å². The molecule has 216 valence electrons. The van der Waals surface area contributed by atoms with Crippen molar-refractivity contribution in [2.75, 3.05) is 45.2 Å². The molecule has 0 aliphatic carbocycles. The zero-order valence-corrected chi connectivity index (χ0v) is 24.4. The number of ether oxygens (including phenoxy) is 3. The van der Waals surface area contributed by atoms with E-state index in [4.69, 9.17) is 25.8 Å². The highest BCUT2D eigenvalue weighted by Gasteiger charge is 2.24. The van der Waals surface area contributed by atoms with E-state index in [1.54, 1.807) is 41.4 Å². The normalized spacial score (nSPS) is 13.5. The predicted octanol–water partition coefficient (Wildman–Crippen LogP) is 5.93. The molecule has 0 atom stereocenters. The molecule has 1 amide bonds. The third kappa shape index (κ3) is 6.33. The highest BCUT2D eigenvalue weighted by molar-refractivity contribution is 6.33. The molecule has 1 aliphatic rings. The minimum absolute atomic E-state index is 0.249. The fourth-order valence-electron chi connectivity index (χ4n) is 4.71. The van der Waals surface area contributed by atoms with Gasteiger partial charge in [-0.3, -0.25) is 9.97 Å². The first-order valence-electron chi connectivity index (χ1n) is 13.6. The molecule has 0 spiro atoms. The summed E-state index contributed by atoms with van der Waals surface area (Å²) in [5.74, 6) is 1.17. The van der Waals surface area contributed by atoms with E-state index in [0.717, 1.165) is 30.9 Å². The van der Waals surface area contributed by atoms with Crippen molar-refractivity contribution in [3.8, 4) is 23.3 Å². The molecule has 5 rings (SSSR count). The van der Waals surface area contributed by atoms with Gasteiger partial charge in [-0.2, -0.15) is 5.26 Å². The molecule has 2 aromatic heterocycles. The number of methoxy groups -OCH3 is 1. The van der Waals surface area contributed by atoms with Crippen LogP contribution in [-0.4, -0.2) is 65.7 Å². The number of fused-ring (bicyclic) bond motifs is 1. The van der Waals surface area contributed by atoms with Gasteiger partial charge in [0.15, 0.2) is 11.5 Å². The van der Waals surface area contributed by atoms with Crippen LogP contribution in [0.5, 0.6) is 17.2 Å². The number of hydrogen-bond acceptors (Lipinski definition) is 9. The lowest BCUT2D eigenvalue weighted by molar-refractivity contribution is 0.112. The number of nitrogens with one attached hydrogen (secondary N) is 1. The first kappa shape index (κ1) is 28.9. The second kappa shape index (κ2) is 12.9. The van der Waals surface area contributed by atoms with Gasteiger partial charge in [-0.1, -0.05) is 24.6 Å². The lowest BCUT2D eigenvalue weighted by atomic mass is 10.1. The van der Waals surface area contributed by atoms with Gasteiger partial charge in [0.2, 0.25) is 0 Å².